The number of hydrogen-bond acceptors (Lipinski definition) is 8. The van der Waals surface area contributed by atoms with Crippen LogP contribution >= 0.6 is 34.4 Å². The highest BCUT2D eigenvalue weighted by atomic mass is 32.2. The van der Waals surface area contributed by atoms with Gasteiger partial charge in [0.05, 0.1) is 28.8 Å². The zero-order chi connectivity index (χ0) is 23.3. The average molecular weight is 514 g/mol. The summed E-state index contributed by atoms with van der Waals surface area (Å²) in [6.45, 7) is 1.47. The van der Waals surface area contributed by atoms with Crippen LogP contribution in [0.3, 0.4) is 0 Å². The molecule has 0 saturated carbocycles. The summed E-state index contributed by atoms with van der Waals surface area (Å²) in [5.41, 5.74) is 1.80. The van der Waals surface area contributed by atoms with Gasteiger partial charge < -0.3 is 10.1 Å². The number of hydrogen-bond donors (Lipinski definition) is 1. The van der Waals surface area contributed by atoms with Crippen molar-refractivity contribution >= 4 is 45.3 Å². The maximum atomic E-state index is 12.9. The van der Waals surface area contributed by atoms with Crippen molar-refractivity contribution in [2.75, 3.05) is 17.7 Å². The van der Waals surface area contributed by atoms with Gasteiger partial charge in [-0.1, -0.05) is 30.7 Å². The van der Waals surface area contributed by atoms with Gasteiger partial charge in [-0.2, -0.15) is 5.26 Å². The maximum absolute atomic E-state index is 12.9. The lowest BCUT2D eigenvalue weighted by atomic mass is 9.97. The molecule has 10 heteroatoms. The Labute approximate surface area is 211 Å². The summed E-state index contributed by atoms with van der Waals surface area (Å²) in [6, 6.07) is 6.39. The third-order valence-electron chi connectivity index (χ3n) is 6.24. The number of nitriles is 1. The second-order valence-corrected chi connectivity index (χ2v) is 11.6. The highest BCUT2D eigenvalue weighted by Gasteiger charge is 2.24. The minimum absolute atomic E-state index is 0.125. The van der Waals surface area contributed by atoms with Gasteiger partial charge in [0.15, 0.2) is 11.0 Å². The molecule has 1 atom stereocenters. The van der Waals surface area contributed by atoms with E-state index >= 15 is 0 Å². The number of ether oxygens (including phenoxy) is 1. The van der Waals surface area contributed by atoms with Crippen LogP contribution in [0.15, 0.2) is 22.7 Å². The van der Waals surface area contributed by atoms with Gasteiger partial charge in [0.25, 0.3) is 0 Å². The van der Waals surface area contributed by atoms with Crippen LogP contribution in [0.4, 0.5) is 5.00 Å². The summed E-state index contributed by atoms with van der Waals surface area (Å²) < 4.78 is 7.93. The number of aromatic nitrogens is 3. The molecule has 1 amide bonds. The molecule has 1 saturated heterocycles. The number of aryl methyl sites for hydroxylation is 1. The van der Waals surface area contributed by atoms with Crippen LogP contribution < -0.4 is 5.32 Å². The Balaban J connectivity index is 1.29. The molecule has 1 fully saturated rings. The van der Waals surface area contributed by atoms with E-state index in [0.29, 0.717) is 22.3 Å². The Kier molecular flexibility index (Phi) is 7.64. The fraction of sp³-hybridized carbons (Fsp3) is 0.500. The van der Waals surface area contributed by atoms with E-state index in [1.54, 1.807) is 22.7 Å². The van der Waals surface area contributed by atoms with E-state index in [4.69, 9.17) is 4.74 Å². The van der Waals surface area contributed by atoms with Crippen molar-refractivity contribution in [3.05, 3.63) is 33.5 Å². The van der Waals surface area contributed by atoms with Crippen molar-refractivity contribution in [3.8, 4) is 16.8 Å². The molecule has 3 aromatic rings. The second kappa shape index (κ2) is 11.0. The Morgan fingerprint density at radius 3 is 2.91 bits per heavy atom. The van der Waals surface area contributed by atoms with E-state index in [2.05, 4.69) is 26.2 Å². The smallest absolute Gasteiger partial charge is 0.235 e. The van der Waals surface area contributed by atoms with Gasteiger partial charge in [-0.15, -0.1) is 32.9 Å². The van der Waals surface area contributed by atoms with E-state index in [-0.39, 0.29) is 17.8 Å². The van der Waals surface area contributed by atoms with Crippen LogP contribution in [-0.2, 0) is 28.9 Å². The number of carbonyl (C=O) groups excluding carboxylic acids is 1. The summed E-state index contributed by atoms with van der Waals surface area (Å²) in [5.74, 6) is 0.903. The van der Waals surface area contributed by atoms with Gasteiger partial charge >= 0.3 is 0 Å². The molecule has 1 N–H and O–H groups in total. The van der Waals surface area contributed by atoms with Gasteiger partial charge in [0.1, 0.15) is 11.1 Å². The Morgan fingerprint density at radius 1 is 1.26 bits per heavy atom. The largest absolute Gasteiger partial charge is 0.376 e. The summed E-state index contributed by atoms with van der Waals surface area (Å²) in [7, 11) is 0. The predicted octanol–water partition coefficient (Wildman–Crippen LogP) is 5.51. The summed E-state index contributed by atoms with van der Waals surface area (Å²) in [5, 5.41) is 25.1. The molecule has 3 aromatic heterocycles. The van der Waals surface area contributed by atoms with Crippen LogP contribution in [0.1, 0.15) is 54.5 Å². The lowest BCUT2D eigenvalue weighted by molar-refractivity contribution is -0.113. The average Bonchev–Trinajstić information content (AvgIpc) is 3.61. The van der Waals surface area contributed by atoms with Crippen LogP contribution in [0, 0.1) is 11.3 Å². The molecule has 7 nitrogen and oxygen atoms in total. The van der Waals surface area contributed by atoms with E-state index < -0.39 is 0 Å². The van der Waals surface area contributed by atoms with Crippen molar-refractivity contribution in [1.29, 1.82) is 5.26 Å². The van der Waals surface area contributed by atoms with Crippen LogP contribution in [0.5, 0.6) is 0 Å². The molecule has 2 aliphatic rings. The summed E-state index contributed by atoms with van der Waals surface area (Å²) >= 11 is 4.58. The number of carbonyl (C=O) groups is 1. The van der Waals surface area contributed by atoms with Crippen LogP contribution in [-0.4, -0.2) is 39.1 Å². The number of nitrogens with one attached hydrogen (secondary N) is 1. The first-order valence-corrected chi connectivity index (χ1v) is 14.5. The summed E-state index contributed by atoms with van der Waals surface area (Å²) in [4.78, 5) is 15.2. The molecule has 34 heavy (non-hydrogen) atoms. The SMILES string of the molecule is N#Cc1c(NC(=O)CSc2nnc(-c3cccs3)n2CC2CCCO2)sc2c1CCCCCC2. The monoisotopic (exact) mass is 513 g/mol. The molecule has 0 radical (unpaired) electrons. The Bertz CT molecular complexity index is 1170. The minimum atomic E-state index is -0.125. The highest BCUT2D eigenvalue weighted by Crippen LogP contribution is 2.37. The summed E-state index contributed by atoms with van der Waals surface area (Å²) in [6.07, 6.45) is 8.85. The van der Waals surface area contributed by atoms with E-state index in [1.807, 2.05) is 17.5 Å². The van der Waals surface area contributed by atoms with Crippen molar-refractivity contribution in [3.63, 3.8) is 0 Å². The minimum Gasteiger partial charge on any atom is -0.376 e. The molecule has 5 rings (SSSR count). The maximum Gasteiger partial charge on any atom is 0.235 e. The standard InChI is InChI=1S/C24H27N5O2S3/c25-13-18-17-8-3-1-2-4-9-19(17)34-23(18)26-21(30)15-33-24-28-27-22(20-10-6-12-32-20)29(24)14-16-7-5-11-31-16/h6,10,12,16H,1-5,7-9,11,14-15H2,(H,26,30). The van der Waals surface area contributed by atoms with Crippen LogP contribution in [0.2, 0.25) is 0 Å². The first-order chi connectivity index (χ1) is 16.7. The molecule has 0 spiro atoms. The first kappa shape index (κ1) is 23.5. The number of thioether (sulfide) groups is 1. The molecule has 0 bridgehead atoms. The molecule has 1 aliphatic carbocycles. The third-order valence-corrected chi connectivity index (χ3v) is 9.28. The van der Waals surface area contributed by atoms with E-state index in [1.165, 1.54) is 29.5 Å². The van der Waals surface area contributed by atoms with Crippen molar-refractivity contribution in [2.24, 2.45) is 0 Å². The fourth-order valence-corrected chi connectivity index (χ4v) is 7.28. The van der Waals surface area contributed by atoms with Gasteiger partial charge in [0.2, 0.25) is 5.91 Å². The quantitative estimate of drug-likeness (QED) is 0.419. The Morgan fingerprint density at radius 2 is 2.15 bits per heavy atom. The highest BCUT2D eigenvalue weighted by molar-refractivity contribution is 7.99. The van der Waals surface area contributed by atoms with Crippen molar-refractivity contribution in [1.82, 2.24) is 14.8 Å². The normalized spacial score (nSPS) is 18.1. The molecule has 0 aromatic carbocycles. The topological polar surface area (TPSA) is 92.8 Å². The fourth-order valence-electron chi connectivity index (χ4n) is 4.56. The third kappa shape index (κ3) is 5.23. The van der Waals surface area contributed by atoms with Gasteiger partial charge in [-0.3, -0.25) is 9.36 Å². The predicted molar refractivity (Wildman–Crippen MR) is 137 cm³/mol. The lowest BCUT2D eigenvalue weighted by Gasteiger charge is -2.14. The van der Waals surface area contributed by atoms with Gasteiger partial charge in [-0.25, -0.2) is 0 Å². The molecule has 4 heterocycles. The number of anilines is 1. The second-order valence-electron chi connectivity index (χ2n) is 8.60. The van der Waals surface area contributed by atoms with E-state index in [9.17, 15) is 10.1 Å². The van der Waals surface area contributed by atoms with Gasteiger partial charge in [-0.05, 0) is 55.5 Å². The number of fused-ring (bicyclic) bond motifs is 1. The van der Waals surface area contributed by atoms with Crippen LogP contribution in [0.25, 0.3) is 10.7 Å². The lowest BCUT2D eigenvalue weighted by Crippen LogP contribution is -2.18. The van der Waals surface area contributed by atoms with Crippen molar-refractivity contribution in [2.45, 2.75) is 69.2 Å². The number of amides is 1. The molecular weight excluding hydrogens is 486 g/mol. The molecule has 1 unspecified atom stereocenters. The molecular formula is C24H27N5O2S3. The van der Waals surface area contributed by atoms with Crippen molar-refractivity contribution < 1.29 is 9.53 Å². The number of rotatable bonds is 7. The number of thiophene rings is 2. The zero-order valence-electron chi connectivity index (χ0n) is 18.9. The molecule has 1 aliphatic heterocycles. The Hall–Kier alpha value is -2.19. The van der Waals surface area contributed by atoms with Gasteiger partial charge in [0, 0.05) is 11.5 Å². The van der Waals surface area contributed by atoms with E-state index in [0.717, 1.165) is 61.4 Å². The zero-order valence-corrected chi connectivity index (χ0v) is 21.4. The first-order valence-electron chi connectivity index (χ1n) is 11.8. The molecule has 178 valence electrons. The number of nitrogens with zero attached hydrogens (tertiary/aromatic N) is 4.